The predicted molar refractivity (Wildman–Crippen MR) is 100.0 cm³/mol. The van der Waals surface area contributed by atoms with Crippen molar-refractivity contribution in [2.75, 3.05) is 11.9 Å². The van der Waals surface area contributed by atoms with Crippen LogP contribution < -0.4 is 15.8 Å². The first-order chi connectivity index (χ1) is 12.8. The zero-order valence-corrected chi connectivity index (χ0v) is 15.0. The average molecular weight is 386 g/mol. The fourth-order valence-corrected chi connectivity index (χ4v) is 2.64. The highest BCUT2D eigenvalue weighted by Gasteiger charge is 2.11. The number of carbonyl (C=O) groups is 1. The number of hydrogen-bond donors (Lipinski definition) is 4. The van der Waals surface area contributed by atoms with Crippen LogP contribution in [0, 0.1) is 11.3 Å². The Bertz CT molecular complexity index is 976. The summed E-state index contributed by atoms with van der Waals surface area (Å²) in [6.07, 6.45) is 1.96. The van der Waals surface area contributed by atoms with E-state index < -0.39 is 15.9 Å². The van der Waals surface area contributed by atoms with Gasteiger partial charge in [-0.2, -0.15) is 5.26 Å². The Balaban J connectivity index is 1.91. The van der Waals surface area contributed by atoms with Gasteiger partial charge in [0, 0.05) is 18.4 Å². The summed E-state index contributed by atoms with van der Waals surface area (Å²) in [6.45, 7) is 0.492. The molecule has 9 heteroatoms. The number of sulfonamides is 1. The highest BCUT2D eigenvalue weighted by atomic mass is 32.2. The molecular formula is C18H18N4O4S. The lowest BCUT2D eigenvalue weighted by molar-refractivity contribution is -0.112. The molecule has 140 valence electrons. The molecule has 2 rings (SSSR count). The van der Waals surface area contributed by atoms with Gasteiger partial charge in [-0.25, -0.2) is 13.6 Å². The van der Waals surface area contributed by atoms with Crippen molar-refractivity contribution in [3.05, 3.63) is 65.9 Å². The summed E-state index contributed by atoms with van der Waals surface area (Å²) < 4.78 is 22.4. The van der Waals surface area contributed by atoms with Gasteiger partial charge in [0.15, 0.2) is 0 Å². The topological polar surface area (TPSA) is 145 Å². The average Bonchev–Trinajstić information content (AvgIpc) is 2.63. The molecule has 0 aliphatic heterocycles. The molecule has 5 N–H and O–H groups in total. The van der Waals surface area contributed by atoms with Gasteiger partial charge < -0.3 is 15.7 Å². The van der Waals surface area contributed by atoms with E-state index in [-0.39, 0.29) is 16.2 Å². The van der Waals surface area contributed by atoms with Crippen LogP contribution in [-0.4, -0.2) is 26.0 Å². The molecular weight excluding hydrogens is 368 g/mol. The largest absolute Gasteiger partial charge is 0.508 e. The first kappa shape index (κ1) is 20.0. The molecule has 0 radical (unpaired) electrons. The number of hydrogen-bond acceptors (Lipinski definition) is 6. The third-order valence-electron chi connectivity index (χ3n) is 3.55. The number of nitrogens with zero attached hydrogens (tertiary/aromatic N) is 1. The third kappa shape index (κ3) is 6.14. The standard InChI is InChI=1S/C18H18N4O4S/c19-11-14(12-21-10-9-13-1-5-16(23)6-2-13)18(24)22-15-3-7-17(8-4-15)27(20,25)26/h1-8,12,21,23H,9-10H2,(H,22,24)(H2,20,25,26)/b14-12-. The Kier molecular flexibility index (Phi) is 6.54. The van der Waals surface area contributed by atoms with Gasteiger partial charge in [0.05, 0.1) is 4.90 Å². The number of carbonyl (C=O) groups excluding carboxylic acids is 1. The summed E-state index contributed by atoms with van der Waals surface area (Å²) in [4.78, 5) is 12.0. The summed E-state index contributed by atoms with van der Waals surface area (Å²) in [5.41, 5.74) is 1.19. The molecule has 0 fully saturated rings. The maximum Gasteiger partial charge on any atom is 0.267 e. The summed E-state index contributed by atoms with van der Waals surface area (Å²) in [5, 5.41) is 28.8. The Hall–Kier alpha value is -3.35. The van der Waals surface area contributed by atoms with Crippen molar-refractivity contribution in [3.63, 3.8) is 0 Å². The Morgan fingerprint density at radius 1 is 1.15 bits per heavy atom. The number of nitrogens with two attached hydrogens (primary N) is 1. The van der Waals surface area contributed by atoms with Crippen LogP contribution >= 0.6 is 0 Å². The van der Waals surface area contributed by atoms with Crippen LogP contribution in [0.4, 0.5) is 5.69 Å². The molecule has 27 heavy (non-hydrogen) atoms. The van der Waals surface area contributed by atoms with Gasteiger partial charge in [-0.15, -0.1) is 0 Å². The lowest BCUT2D eigenvalue weighted by Gasteiger charge is -2.06. The van der Waals surface area contributed by atoms with Crippen molar-refractivity contribution in [1.82, 2.24) is 5.32 Å². The fourth-order valence-electron chi connectivity index (χ4n) is 2.13. The smallest absolute Gasteiger partial charge is 0.267 e. The Labute approximate surface area is 157 Å². The SMILES string of the molecule is N#C/C(=C/NCCc1ccc(O)cc1)C(=O)Nc1ccc(S(N)(=O)=O)cc1. The van der Waals surface area contributed by atoms with Crippen molar-refractivity contribution >= 4 is 21.6 Å². The number of phenolic OH excluding ortho intramolecular Hbond substituents is 1. The number of amides is 1. The van der Waals surface area contributed by atoms with Gasteiger partial charge in [0.25, 0.3) is 5.91 Å². The van der Waals surface area contributed by atoms with E-state index in [4.69, 9.17) is 10.4 Å². The number of rotatable bonds is 7. The summed E-state index contributed by atoms with van der Waals surface area (Å²) >= 11 is 0. The first-order valence-electron chi connectivity index (χ1n) is 7.85. The molecule has 0 saturated heterocycles. The van der Waals surface area contributed by atoms with Crippen molar-refractivity contribution in [2.45, 2.75) is 11.3 Å². The quantitative estimate of drug-likeness (QED) is 0.320. The van der Waals surface area contributed by atoms with Crippen LogP contribution in [0.3, 0.4) is 0 Å². The number of benzene rings is 2. The van der Waals surface area contributed by atoms with Crippen LogP contribution in [0.1, 0.15) is 5.56 Å². The molecule has 1 amide bonds. The van der Waals surface area contributed by atoms with Crippen LogP contribution in [0.15, 0.2) is 65.2 Å². The van der Waals surface area contributed by atoms with E-state index >= 15 is 0 Å². The van der Waals surface area contributed by atoms with Crippen LogP contribution in [0.25, 0.3) is 0 Å². The number of nitriles is 1. The summed E-state index contributed by atoms with van der Waals surface area (Å²) in [7, 11) is -3.81. The first-order valence-corrected chi connectivity index (χ1v) is 9.40. The molecule has 2 aromatic carbocycles. The predicted octanol–water partition coefficient (Wildman–Crippen LogP) is 1.22. The molecule has 0 aliphatic carbocycles. The zero-order chi connectivity index (χ0) is 19.9. The molecule has 0 aliphatic rings. The number of anilines is 1. The molecule has 0 bridgehead atoms. The highest BCUT2D eigenvalue weighted by Crippen LogP contribution is 2.13. The fraction of sp³-hybridized carbons (Fsp3) is 0.111. The lowest BCUT2D eigenvalue weighted by atomic mass is 10.1. The van der Waals surface area contributed by atoms with Crippen molar-refractivity contribution in [2.24, 2.45) is 5.14 Å². The number of phenols is 1. The summed E-state index contributed by atoms with van der Waals surface area (Å²) in [5.74, 6) is -0.440. The van der Waals surface area contributed by atoms with Gasteiger partial charge in [-0.1, -0.05) is 12.1 Å². The number of aromatic hydroxyl groups is 1. The van der Waals surface area contributed by atoms with Gasteiger partial charge in [-0.3, -0.25) is 4.79 Å². The van der Waals surface area contributed by atoms with Crippen molar-refractivity contribution < 1.29 is 18.3 Å². The summed E-state index contributed by atoms with van der Waals surface area (Å²) in [6, 6.07) is 13.8. The number of primary sulfonamides is 1. The minimum Gasteiger partial charge on any atom is -0.508 e. The molecule has 0 atom stereocenters. The monoisotopic (exact) mass is 386 g/mol. The van der Waals surface area contributed by atoms with Gasteiger partial charge in [-0.05, 0) is 48.4 Å². The third-order valence-corrected chi connectivity index (χ3v) is 4.48. The van der Waals surface area contributed by atoms with Crippen molar-refractivity contribution in [1.29, 1.82) is 5.26 Å². The second-order valence-corrected chi connectivity index (χ2v) is 7.13. The van der Waals surface area contributed by atoms with E-state index in [1.165, 1.54) is 30.5 Å². The molecule has 0 saturated carbocycles. The van der Waals surface area contributed by atoms with E-state index in [1.54, 1.807) is 30.3 Å². The zero-order valence-electron chi connectivity index (χ0n) is 14.2. The van der Waals surface area contributed by atoms with E-state index in [0.29, 0.717) is 18.7 Å². The van der Waals surface area contributed by atoms with Gasteiger partial charge in [0.2, 0.25) is 10.0 Å². The maximum atomic E-state index is 12.1. The molecule has 0 heterocycles. The highest BCUT2D eigenvalue weighted by molar-refractivity contribution is 7.89. The minimum atomic E-state index is -3.81. The van der Waals surface area contributed by atoms with Gasteiger partial charge in [0.1, 0.15) is 17.4 Å². The van der Waals surface area contributed by atoms with E-state index in [1.807, 2.05) is 0 Å². The van der Waals surface area contributed by atoms with Crippen LogP contribution in [0.5, 0.6) is 5.75 Å². The number of nitrogens with one attached hydrogen (secondary N) is 2. The molecule has 0 aromatic heterocycles. The second-order valence-electron chi connectivity index (χ2n) is 5.56. The Morgan fingerprint density at radius 3 is 2.33 bits per heavy atom. The normalized spacial score (nSPS) is 11.5. The molecule has 0 spiro atoms. The van der Waals surface area contributed by atoms with Crippen LogP contribution in [0.2, 0.25) is 0 Å². The van der Waals surface area contributed by atoms with E-state index in [0.717, 1.165) is 5.56 Å². The van der Waals surface area contributed by atoms with E-state index in [9.17, 15) is 18.3 Å². The van der Waals surface area contributed by atoms with E-state index in [2.05, 4.69) is 10.6 Å². The van der Waals surface area contributed by atoms with Gasteiger partial charge >= 0.3 is 0 Å². The molecule has 2 aromatic rings. The van der Waals surface area contributed by atoms with Crippen LogP contribution in [-0.2, 0) is 21.2 Å². The maximum absolute atomic E-state index is 12.1. The minimum absolute atomic E-state index is 0.0764. The second kappa shape index (κ2) is 8.84. The van der Waals surface area contributed by atoms with Crippen molar-refractivity contribution in [3.8, 4) is 11.8 Å². The Morgan fingerprint density at radius 2 is 1.78 bits per heavy atom. The molecule has 0 unspecified atom stereocenters. The molecule has 8 nitrogen and oxygen atoms in total. The lowest BCUT2D eigenvalue weighted by Crippen LogP contribution is -2.18.